The molecule has 2 rings (SSSR count). The highest BCUT2D eigenvalue weighted by Crippen LogP contribution is 2.11. The Morgan fingerprint density at radius 1 is 0.629 bits per heavy atom. The summed E-state index contributed by atoms with van der Waals surface area (Å²) >= 11 is 14.1. The van der Waals surface area contributed by atoms with Crippen molar-refractivity contribution in [2.45, 2.75) is 33.6 Å². The summed E-state index contributed by atoms with van der Waals surface area (Å²) in [6.07, 6.45) is 9.23. The van der Waals surface area contributed by atoms with Crippen molar-refractivity contribution < 1.29 is 23.9 Å². The molecule has 0 aromatic heterocycles. The first-order chi connectivity index (χ1) is 17.1. The van der Waals surface area contributed by atoms with Gasteiger partial charge in [-0.1, -0.05) is 55.8 Å². The van der Waals surface area contributed by atoms with E-state index in [1.54, 1.807) is 63.1 Å². The largest absolute Gasteiger partial charge is 0.462 e. The lowest BCUT2D eigenvalue weighted by atomic mass is 10.1. The van der Waals surface area contributed by atoms with Crippen LogP contribution in [-0.4, -0.2) is 57.0 Å². The molecule has 2 aromatic rings. The summed E-state index contributed by atoms with van der Waals surface area (Å²) in [5.41, 5.74) is 1.92. The molecule has 0 unspecified atom stereocenters. The highest BCUT2D eigenvalue weighted by atomic mass is 32.1. The van der Waals surface area contributed by atoms with Gasteiger partial charge in [-0.3, -0.25) is 0 Å². The molecule has 0 fully saturated rings. The molecule has 2 aromatic carbocycles. The Labute approximate surface area is 235 Å². The molecule has 0 N–H and O–H groups in total. The number of hydrogen-bond donors (Lipinski definition) is 4. The van der Waals surface area contributed by atoms with E-state index < -0.39 is 11.9 Å². The van der Waals surface area contributed by atoms with Gasteiger partial charge >= 0.3 is 11.9 Å². The second kappa shape index (κ2) is 39.7. The molecule has 0 bridgehead atoms. The molecule has 0 heterocycles. The van der Waals surface area contributed by atoms with E-state index in [2.05, 4.69) is 87.8 Å². The van der Waals surface area contributed by atoms with Gasteiger partial charge in [-0.15, -0.1) is 0 Å². The summed E-state index contributed by atoms with van der Waals surface area (Å²) in [7, 11) is 0. The fraction of sp³-hybridized carbons (Fsp3) is 0.423. The van der Waals surface area contributed by atoms with Crippen molar-refractivity contribution in [1.29, 1.82) is 0 Å². The van der Waals surface area contributed by atoms with Gasteiger partial charge in [-0.2, -0.15) is 50.5 Å². The summed E-state index contributed by atoms with van der Waals surface area (Å²) in [5.74, 6) is -1.02. The van der Waals surface area contributed by atoms with Crippen LogP contribution in [0.1, 0.15) is 53.5 Å². The van der Waals surface area contributed by atoms with Gasteiger partial charge in [0.15, 0.2) is 0 Å². The zero-order valence-electron chi connectivity index (χ0n) is 22.1. The van der Waals surface area contributed by atoms with Crippen LogP contribution < -0.4 is 0 Å². The van der Waals surface area contributed by atoms with E-state index in [1.165, 1.54) is 18.4 Å². The standard InChI is InChI=1S/C12H14O4.C9H12.CH2O.4CH4S/c1-3-15-11(13)9-7-5-6-8-10(9)12(14)16-4-2;1-2-6-9-7-4-3-5-8-9;5*1-2/h5-8H,3-4H2,1-2H3;3-5,7-8H,2,6H2,1H3;1H2;4*2H,1H3. The summed E-state index contributed by atoms with van der Waals surface area (Å²) in [6.45, 7) is 8.18. The normalized spacial score (nSPS) is 7.63. The number of ether oxygens (including phenoxy) is 2. The Kier molecular flexibility index (Phi) is 49.3. The average Bonchev–Trinajstić information content (AvgIpc) is 2.96. The van der Waals surface area contributed by atoms with E-state index >= 15 is 0 Å². The minimum Gasteiger partial charge on any atom is -0.462 e. The molecule has 5 nitrogen and oxygen atoms in total. The maximum absolute atomic E-state index is 11.5. The first-order valence-corrected chi connectivity index (χ1v) is 14.3. The summed E-state index contributed by atoms with van der Waals surface area (Å²) in [5, 5.41) is 0. The van der Waals surface area contributed by atoms with Crippen LogP contribution in [0.2, 0.25) is 0 Å². The Bertz CT molecular complexity index is 649. The molecule has 0 aliphatic carbocycles. The van der Waals surface area contributed by atoms with Crippen molar-refractivity contribution in [2.75, 3.05) is 38.2 Å². The smallest absolute Gasteiger partial charge is 0.338 e. The molecular weight excluding hydrogens is 521 g/mol. The molecule has 0 saturated heterocycles. The Morgan fingerprint density at radius 2 is 0.943 bits per heavy atom. The van der Waals surface area contributed by atoms with Crippen LogP contribution in [0.15, 0.2) is 54.6 Å². The number of aryl methyl sites for hydroxylation is 1. The van der Waals surface area contributed by atoms with E-state index in [4.69, 9.17) is 14.3 Å². The van der Waals surface area contributed by atoms with E-state index in [0.717, 1.165) is 0 Å². The van der Waals surface area contributed by atoms with Gasteiger partial charge in [-0.05, 0) is 63.0 Å². The van der Waals surface area contributed by atoms with Gasteiger partial charge in [-0.25, -0.2) is 9.59 Å². The summed E-state index contributed by atoms with van der Waals surface area (Å²) < 4.78 is 9.70. The maximum atomic E-state index is 11.5. The van der Waals surface area contributed by atoms with Crippen molar-refractivity contribution in [3.8, 4) is 0 Å². The van der Waals surface area contributed by atoms with Crippen LogP contribution in [0.4, 0.5) is 0 Å². The van der Waals surface area contributed by atoms with Gasteiger partial charge in [0.25, 0.3) is 0 Å². The molecule has 9 heteroatoms. The highest BCUT2D eigenvalue weighted by molar-refractivity contribution is 7.79. The van der Waals surface area contributed by atoms with Gasteiger partial charge in [0.2, 0.25) is 0 Å². The fourth-order valence-corrected chi connectivity index (χ4v) is 2.19. The average molecular weight is 565 g/mol. The van der Waals surface area contributed by atoms with Crippen LogP contribution >= 0.6 is 50.5 Å². The molecule has 0 aliphatic heterocycles. The van der Waals surface area contributed by atoms with Crippen LogP contribution in [0.25, 0.3) is 0 Å². The molecule has 0 aliphatic rings. The third-order valence-corrected chi connectivity index (χ3v) is 3.30. The molecule has 202 valence electrons. The van der Waals surface area contributed by atoms with Crippen LogP contribution in [-0.2, 0) is 20.7 Å². The summed E-state index contributed by atoms with van der Waals surface area (Å²) in [6, 6.07) is 17.0. The molecule has 0 atom stereocenters. The van der Waals surface area contributed by atoms with Gasteiger partial charge in [0.05, 0.1) is 24.3 Å². The predicted molar refractivity (Wildman–Crippen MR) is 166 cm³/mol. The Balaban J connectivity index is -0.000000134. The molecular formula is C26H44O5S4. The lowest BCUT2D eigenvalue weighted by Gasteiger charge is -2.07. The molecule has 0 spiro atoms. The van der Waals surface area contributed by atoms with Crippen molar-refractivity contribution in [2.24, 2.45) is 0 Å². The first-order valence-electron chi connectivity index (χ1n) is 10.7. The SMILES string of the molecule is C=O.CCCc1ccccc1.CCOC(=O)c1ccccc1C(=O)OCC.CS.CS.CS.CS. The zero-order valence-corrected chi connectivity index (χ0v) is 25.6. The predicted octanol–water partition coefficient (Wildman–Crippen LogP) is 6.68. The number of rotatable bonds is 6. The third kappa shape index (κ3) is 25.4. The number of thiol groups is 4. The molecule has 0 amide bonds. The monoisotopic (exact) mass is 564 g/mol. The summed E-state index contributed by atoms with van der Waals surface area (Å²) in [4.78, 5) is 31.1. The third-order valence-electron chi connectivity index (χ3n) is 3.30. The van der Waals surface area contributed by atoms with Gasteiger partial charge in [0.1, 0.15) is 6.79 Å². The minimum absolute atomic E-state index is 0.239. The van der Waals surface area contributed by atoms with E-state index in [1.807, 2.05) is 6.79 Å². The van der Waals surface area contributed by atoms with Crippen molar-refractivity contribution >= 4 is 69.2 Å². The van der Waals surface area contributed by atoms with Crippen LogP contribution in [0.3, 0.4) is 0 Å². The number of esters is 2. The van der Waals surface area contributed by atoms with Crippen LogP contribution in [0, 0.1) is 0 Å². The molecule has 35 heavy (non-hydrogen) atoms. The number of carbonyl (C=O) groups excluding carboxylic acids is 3. The van der Waals surface area contributed by atoms with Crippen molar-refractivity contribution in [3.63, 3.8) is 0 Å². The number of hydrogen-bond acceptors (Lipinski definition) is 9. The van der Waals surface area contributed by atoms with Gasteiger partial charge < -0.3 is 14.3 Å². The van der Waals surface area contributed by atoms with Crippen molar-refractivity contribution in [1.82, 2.24) is 0 Å². The van der Waals surface area contributed by atoms with Gasteiger partial charge in [0, 0.05) is 0 Å². The maximum Gasteiger partial charge on any atom is 0.338 e. The number of carbonyl (C=O) groups is 3. The topological polar surface area (TPSA) is 69.7 Å². The van der Waals surface area contributed by atoms with E-state index in [-0.39, 0.29) is 24.3 Å². The zero-order chi connectivity index (χ0) is 28.5. The molecule has 0 saturated carbocycles. The Hall–Kier alpha value is -1.55. The fourth-order valence-electron chi connectivity index (χ4n) is 2.19. The van der Waals surface area contributed by atoms with Crippen LogP contribution in [0.5, 0.6) is 0 Å². The first kappa shape index (κ1) is 43.5. The lowest BCUT2D eigenvalue weighted by Crippen LogP contribution is -2.13. The van der Waals surface area contributed by atoms with E-state index in [0.29, 0.717) is 0 Å². The van der Waals surface area contributed by atoms with E-state index in [9.17, 15) is 9.59 Å². The highest BCUT2D eigenvalue weighted by Gasteiger charge is 2.17. The second-order valence-corrected chi connectivity index (χ2v) is 5.22. The van der Waals surface area contributed by atoms with Crippen molar-refractivity contribution in [3.05, 3.63) is 71.3 Å². The Morgan fingerprint density at radius 3 is 1.23 bits per heavy atom. The second-order valence-electron chi connectivity index (χ2n) is 5.22. The molecule has 0 radical (unpaired) electrons. The quantitative estimate of drug-likeness (QED) is 0.233. The minimum atomic E-state index is -0.508. The number of benzene rings is 2. The lowest BCUT2D eigenvalue weighted by molar-refractivity contribution is -0.0980.